The lowest BCUT2D eigenvalue weighted by Crippen LogP contribution is -2.43. The first-order valence-corrected chi connectivity index (χ1v) is 9.84. The Balaban J connectivity index is 1.55. The second-order valence-corrected chi connectivity index (χ2v) is 7.37. The third-order valence-electron chi connectivity index (χ3n) is 5.26. The number of likely N-dealkylation sites (tertiary alicyclic amines) is 1. The second kappa shape index (κ2) is 9.80. The van der Waals surface area contributed by atoms with Gasteiger partial charge in [-0.15, -0.1) is 0 Å². The predicted molar refractivity (Wildman–Crippen MR) is 105 cm³/mol. The Bertz CT molecular complexity index is 946. The van der Waals surface area contributed by atoms with Crippen molar-refractivity contribution in [3.05, 3.63) is 65.2 Å². The lowest BCUT2D eigenvalue weighted by molar-refractivity contribution is -0.127. The molecule has 1 atom stereocenters. The summed E-state index contributed by atoms with van der Waals surface area (Å²) in [5, 5.41) is 2.85. The summed E-state index contributed by atoms with van der Waals surface area (Å²) in [5.41, 5.74) is 0.412. The minimum Gasteiger partial charge on any atom is -0.435 e. The summed E-state index contributed by atoms with van der Waals surface area (Å²) in [6.07, 6.45) is 0.781. The maximum atomic E-state index is 13.9. The molecule has 1 N–H and O–H groups in total. The summed E-state index contributed by atoms with van der Waals surface area (Å²) in [7, 11) is 0. The molecule has 31 heavy (non-hydrogen) atoms. The van der Waals surface area contributed by atoms with Gasteiger partial charge in [0.25, 0.3) is 5.91 Å². The van der Waals surface area contributed by atoms with Gasteiger partial charge < -0.3 is 15.0 Å². The van der Waals surface area contributed by atoms with Crippen molar-refractivity contribution in [2.75, 3.05) is 13.1 Å². The number of halogens is 4. The molecule has 3 rings (SSSR count). The van der Waals surface area contributed by atoms with Gasteiger partial charge in [0.2, 0.25) is 5.91 Å². The van der Waals surface area contributed by atoms with Crippen LogP contribution < -0.4 is 10.1 Å². The molecule has 1 aliphatic rings. The molecule has 1 fully saturated rings. The van der Waals surface area contributed by atoms with Crippen LogP contribution in [0, 0.1) is 17.6 Å². The number of nitrogens with one attached hydrogen (secondary N) is 1. The molecule has 0 spiro atoms. The van der Waals surface area contributed by atoms with Gasteiger partial charge in [-0.3, -0.25) is 9.59 Å². The lowest BCUT2D eigenvalue weighted by atomic mass is 9.94. The zero-order valence-electron chi connectivity index (χ0n) is 16.8. The van der Waals surface area contributed by atoms with Crippen LogP contribution in [0.15, 0.2) is 42.5 Å². The summed E-state index contributed by atoms with van der Waals surface area (Å²) in [6.45, 7) is -0.675. The first kappa shape index (κ1) is 22.6. The monoisotopic (exact) mass is 438 g/mol. The van der Waals surface area contributed by atoms with E-state index in [2.05, 4.69) is 10.1 Å². The fourth-order valence-corrected chi connectivity index (χ4v) is 3.55. The summed E-state index contributed by atoms with van der Waals surface area (Å²) in [4.78, 5) is 26.5. The van der Waals surface area contributed by atoms with E-state index >= 15 is 0 Å². The van der Waals surface area contributed by atoms with Crippen LogP contribution in [0.5, 0.6) is 5.75 Å². The Morgan fingerprint density at radius 2 is 1.81 bits per heavy atom. The summed E-state index contributed by atoms with van der Waals surface area (Å²) < 4.78 is 56.1. The van der Waals surface area contributed by atoms with E-state index < -0.39 is 30.2 Å². The van der Waals surface area contributed by atoms with E-state index in [0.29, 0.717) is 24.5 Å². The fraction of sp³-hybridized carbons (Fsp3) is 0.364. The number of rotatable bonds is 6. The van der Waals surface area contributed by atoms with Crippen LogP contribution in [0.25, 0.3) is 0 Å². The number of hydrogen-bond donors (Lipinski definition) is 1. The molecule has 0 bridgehead atoms. The maximum Gasteiger partial charge on any atom is 0.387 e. The number of piperidine rings is 1. The van der Waals surface area contributed by atoms with E-state index in [9.17, 15) is 27.2 Å². The SMILES string of the molecule is CC(NC(=O)C1CCN(C(=O)c2ccc(F)cc2F)CC1)c1cccc(OC(F)F)c1. The summed E-state index contributed by atoms with van der Waals surface area (Å²) in [6, 6.07) is 8.48. The predicted octanol–water partition coefficient (Wildman–Crippen LogP) is 4.30. The molecule has 0 radical (unpaired) electrons. The third-order valence-corrected chi connectivity index (χ3v) is 5.26. The van der Waals surface area contributed by atoms with Crippen LogP contribution in [0.3, 0.4) is 0 Å². The zero-order chi connectivity index (χ0) is 22.5. The van der Waals surface area contributed by atoms with Crippen molar-refractivity contribution in [1.29, 1.82) is 0 Å². The molecule has 166 valence electrons. The van der Waals surface area contributed by atoms with Crippen LogP contribution in [-0.2, 0) is 4.79 Å². The molecular formula is C22H22F4N2O3. The van der Waals surface area contributed by atoms with Crippen LogP contribution in [-0.4, -0.2) is 36.4 Å². The van der Waals surface area contributed by atoms with E-state index in [1.165, 1.54) is 17.0 Å². The van der Waals surface area contributed by atoms with Gasteiger partial charge in [0, 0.05) is 25.1 Å². The molecule has 1 heterocycles. The molecule has 5 nitrogen and oxygen atoms in total. The van der Waals surface area contributed by atoms with E-state index in [4.69, 9.17) is 0 Å². The van der Waals surface area contributed by atoms with E-state index in [-0.39, 0.29) is 36.2 Å². The highest BCUT2D eigenvalue weighted by atomic mass is 19.3. The van der Waals surface area contributed by atoms with Gasteiger partial charge in [-0.25, -0.2) is 8.78 Å². The standard InChI is InChI=1S/C22H22F4N2O3/c1-13(15-3-2-4-17(11-15)31-22(25)26)27-20(29)14-7-9-28(10-8-14)21(30)18-6-5-16(23)12-19(18)24/h2-6,11-14,22H,7-10H2,1H3,(H,27,29). The van der Waals surface area contributed by atoms with Crippen molar-refractivity contribution in [2.24, 2.45) is 5.92 Å². The number of ether oxygens (including phenoxy) is 1. The molecule has 2 aromatic rings. The van der Waals surface area contributed by atoms with Gasteiger partial charge in [-0.1, -0.05) is 12.1 Å². The zero-order valence-corrected chi connectivity index (χ0v) is 16.8. The van der Waals surface area contributed by atoms with Gasteiger partial charge >= 0.3 is 6.61 Å². The third kappa shape index (κ3) is 5.74. The molecule has 0 aromatic heterocycles. The van der Waals surface area contributed by atoms with Crippen molar-refractivity contribution < 1.29 is 31.9 Å². The van der Waals surface area contributed by atoms with E-state index in [0.717, 1.165) is 12.1 Å². The molecule has 0 aliphatic carbocycles. The van der Waals surface area contributed by atoms with E-state index in [1.807, 2.05) is 0 Å². The van der Waals surface area contributed by atoms with Crippen molar-refractivity contribution in [2.45, 2.75) is 32.4 Å². The highest BCUT2D eigenvalue weighted by Crippen LogP contribution is 2.24. The quantitative estimate of drug-likeness (QED) is 0.685. The van der Waals surface area contributed by atoms with Crippen molar-refractivity contribution in [3.63, 3.8) is 0 Å². The van der Waals surface area contributed by atoms with Crippen molar-refractivity contribution >= 4 is 11.8 Å². The first-order valence-electron chi connectivity index (χ1n) is 9.84. The number of alkyl halides is 2. The number of carbonyl (C=O) groups is 2. The Morgan fingerprint density at radius 3 is 2.45 bits per heavy atom. The minimum absolute atomic E-state index is 0.00782. The van der Waals surface area contributed by atoms with Gasteiger partial charge in [-0.05, 0) is 49.6 Å². The Hall–Kier alpha value is -3.10. The average molecular weight is 438 g/mol. The highest BCUT2D eigenvalue weighted by Gasteiger charge is 2.29. The van der Waals surface area contributed by atoms with E-state index in [1.54, 1.807) is 19.1 Å². The number of benzene rings is 2. The highest BCUT2D eigenvalue weighted by molar-refractivity contribution is 5.94. The smallest absolute Gasteiger partial charge is 0.387 e. The number of nitrogens with zero attached hydrogens (tertiary/aromatic N) is 1. The molecule has 2 aromatic carbocycles. The maximum absolute atomic E-state index is 13.9. The molecule has 2 amide bonds. The van der Waals surface area contributed by atoms with Gasteiger partial charge in [0.15, 0.2) is 0 Å². The topological polar surface area (TPSA) is 58.6 Å². The lowest BCUT2D eigenvalue weighted by Gasteiger charge is -2.32. The Morgan fingerprint density at radius 1 is 1.10 bits per heavy atom. The normalized spacial score (nSPS) is 15.6. The van der Waals surface area contributed by atoms with Gasteiger partial charge in [0.1, 0.15) is 17.4 Å². The minimum atomic E-state index is -2.93. The largest absolute Gasteiger partial charge is 0.435 e. The van der Waals surface area contributed by atoms with Crippen LogP contribution in [0.2, 0.25) is 0 Å². The van der Waals surface area contributed by atoms with Crippen molar-refractivity contribution in [1.82, 2.24) is 10.2 Å². The van der Waals surface area contributed by atoms with Crippen LogP contribution in [0.1, 0.15) is 41.7 Å². The second-order valence-electron chi connectivity index (χ2n) is 7.37. The Kier molecular flexibility index (Phi) is 7.14. The number of amides is 2. The average Bonchev–Trinajstić information content (AvgIpc) is 2.73. The number of carbonyl (C=O) groups excluding carboxylic acids is 2. The van der Waals surface area contributed by atoms with Gasteiger partial charge in [-0.2, -0.15) is 8.78 Å². The fourth-order valence-electron chi connectivity index (χ4n) is 3.55. The summed E-state index contributed by atoms with van der Waals surface area (Å²) >= 11 is 0. The molecular weight excluding hydrogens is 416 g/mol. The molecule has 9 heteroatoms. The number of hydrogen-bond acceptors (Lipinski definition) is 3. The first-order chi connectivity index (χ1) is 14.7. The van der Waals surface area contributed by atoms with Crippen LogP contribution in [0.4, 0.5) is 17.6 Å². The Labute approximate surface area is 177 Å². The molecule has 1 aliphatic heterocycles. The molecule has 1 unspecified atom stereocenters. The molecule has 1 saturated heterocycles. The van der Waals surface area contributed by atoms with Crippen molar-refractivity contribution in [3.8, 4) is 5.75 Å². The van der Waals surface area contributed by atoms with Gasteiger partial charge in [0.05, 0.1) is 11.6 Å². The summed E-state index contributed by atoms with van der Waals surface area (Å²) in [5.74, 6) is -2.77. The van der Waals surface area contributed by atoms with Crippen LogP contribution >= 0.6 is 0 Å². The molecule has 0 saturated carbocycles.